The number of sulfonamides is 1. The number of aromatic nitrogens is 3. The summed E-state index contributed by atoms with van der Waals surface area (Å²) in [7, 11) is -2.33. The molecule has 1 aromatic carbocycles. The van der Waals surface area contributed by atoms with Crippen LogP contribution in [0, 0.1) is 6.92 Å². The maximum Gasteiger partial charge on any atom is 0.280 e. The smallest absolute Gasteiger partial charge is 0.280 e. The second-order valence-corrected chi connectivity index (χ2v) is 8.91. The zero-order chi connectivity index (χ0) is 21.9. The van der Waals surface area contributed by atoms with E-state index in [0.717, 1.165) is 16.7 Å². The summed E-state index contributed by atoms with van der Waals surface area (Å²) in [6.07, 6.45) is 1.57. The van der Waals surface area contributed by atoms with Crippen molar-refractivity contribution in [1.82, 2.24) is 14.8 Å². The molecule has 2 N–H and O–H groups in total. The Balaban J connectivity index is 2.04. The van der Waals surface area contributed by atoms with E-state index >= 15 is 0 Å². The summed E-state index contributed by atoms with van der Waals surface area (Å²) in [5.74, 6) is 0.733. The van der Waals surface area contributed by atoms with Gasteiger partial charge in [-0.2, -0.15) is 8.42 Å². The van der Waals surface area contributed by atoms with Crippen LogP contribution in [0.15, 0.2) is 47.6 Å². The van der Waals surface area contributed by atoms with Gasteiger partial charge in [0, 0.05) is 13.2 Å². The van der Waals surface area contributed by atoms with Gasteiger partial charge in [0.05, 0.1) is 12.2 Å². The summed E-state index contributed by atoms with van der Waals surface area (Å²) in [6.45, 7) is 5.85. The number of ether oxygens (including phenoxy) is 1. The van der Waals surface area contributed by atoms with Crippen molar-refractivity contribution < 1.29 is 18.3 Å². The third kappa shape index (κ3) is 4.63. The molecule has 0 saturated heterocycles. The van der Waals surface area contributed by atoms with Crippen molar-refractivity contribution >= 4 is 15.8 Å². The van der Waals surface area contributed by atoms with Gasteiger partial charge in [0.15, 0.2) is 5.03 Å². The average Bonchev–Trinajstić information content (AvgIpc) is 3.01. The normalized spacial score (nSPS) is 11.7. The monoisotopic (exact) mass is 430 g/mol. The van der Waals surface area contributed by atoms with Crippen molar-refractivity contribution in [2.45, 2.75) is 31.7 Å². The van der Waals surface area contributed by atoms with E-state index in [4.69, 9.17) is 9.84 Å². The van der Waals surface area contributed by atoms with Gasteiger partial charge in [0.25, 0.3) is 10.0 Å². The first-order valence-corrected chi connectivity index (χ1v) is 11.1. The number of benzene rings is 1. The molecule has 0 amide bonds. The number of nitrogens with zero attached hydrogens (tertiary/aromatic N) is 3. The number of nitrogens with one attached hydrogen (secondary N) is 1. The fourth-order valence-corrected chi connectivity index (χ4v) is 3.94. The zero-order valence-electron chi connectivity index (χ0n) is 17.5. The Bertz CT molecular complexity index is 1110. The highest BCUT2D eigenvalue weighted by Gasteiger charge is 2.25. The van der Waals surface area contributed by atoms with Gasteiger partial charge < -0.3 is 9.84 Å². The van der Waals surface area contributed by atoms with Crippen molar-refractivity contribution in [2.24, 2.45) is 7.05 Å². The number of aliphatic hydroxyl groups excluding tert-OH is 1. The molecule has 2 aromatic heterocycles. The van der Waals surface area contributed by atoms with Gasteiger partial charge in [-0.25, -0.2) is 9.67 Å². The highest BCUT2D eigenvalue weighted by atomic mass is 32.2. The highest BCUT2D eigenvalue weighted by molar-refractivity contribution is 7.92. The Kier molecular flexibility index (Phi) is 6.42. The van der Waals surface area contributed by atoms with Gasteiger partial charge in [-0.15, -0.1) is 5.10 Å². The van der Waals surface area contributed by atoms with E-state index in [1.807, 2.05) is 45.0 Å². The number of aliphatic hydroxyl groups is 1. The molecular weight excluding hydrogens is 404 g/mol. The lowest BCUT2D eigenvalue weighted by atomic mass is 10.1. The Hall–Kier alpha value is -2.91. The van der Waals surface area contributed by atoms with E-state index in [2.05, 4.69) is 14.8 Å². The van der Waals surface area contributed by atoms with E-state index in [9.17, 15) is 8.42 Å². The lowest BCUT2D eigenvalue weighted by Crippen LogP contribution is -2.17. The number of rotatable bonds is 8. The number of hydrogen-bond donors (Lipinski definition) is 2. The van der Waals surface area contributed by atoms with Crippen LogP contribution >= 0.6 is 0 Å². The van der Waals surface area contributed by atoms with Gasteiger partial charge in [0.2, 0.25) is 5.88 Å². The lowest BCUT2D eigenvalue weighted by molar-refractivity contribution is 0.196. The fourth-order valence-electron chi connectivity index (χ4n) is 2.91. The number of hydrogen-bond acceptors (Lipinski definition) is 6. The predicted octanol–water partition coefficient (Wildman–Crippen LogP) is 3.09. The molecule has 0 fully saturated rings. The molecule has 0 bridgehead atoms. The molecule has 9 heteroatoms. The van der Waals surface area contributed by atoms with Crippen LogP contribution < -0.4 is 9.46 Å². The molecule has 0 saturated carbocycles. The fraction of sp³-hybridized carbons (Fsp3) is 0.333. The van der Waals surface area contributed by atoms with Crippen LogP contribution in [-0.2, 0) is 17.1 Å². The number of aryl methyl sites for hydroxylation is 2. The van der Waals surface area contributed by atoms with Gasteiger partial charge in [-0.3, -0.25) is 4.72 Å². The Morgan fingerprint density at radius 3 is 2.43 bits per heavy atom. The molecule has 3 rings (SSSR count). The Morgan fingerprint density at radius 2 is 1.87 bits per heavy atom. The van der Waals surface area contributed by atoms with E-state index in [1.54, 1.807) is 19.3 Å². The second kappa shape index (κ2) is 8.85. The third-order valence-corrected chi connectivity index (χ3v) is 5.87. The van der Waals surface area contributed by atoms with Gasteiger partial charge in [-0.1, -0.05) is 49.7 Å². The summed E-state index contributed by atoms with van der Waals surface area (Å²) in [5, 5.41) is 13.3. The molecule has 2 heterocycles. The first kappa shape index (κ1) is 21.8. The zero-order valence-corrected chi connectivity index (χ0v) is 18.3. The van der Waals surface area contributed by atoms with Crippen LogP contribution in [0.2, 0.25) is 0 Å². The van der Waals surface area contributed by atoms with E-state index in [0.29, 0.717) is 5.56 Å². The molecule has 30 heavy (non-hydrogen) atoms. The highest BCUT2D eigenvalue weighted by Crippen LogP contribution is 2.37. The molecule has 8 nitrogen and oxygen atoms in total. The van der Waals surface area contributed by atoms with Crippen LogP contribution in [0.1, 0.15) is 30.9 Å². The van der Waals surface area contributed by atoms with Crippen molar-refractivity contribution in [2.75, 3.05) is 17.9 Å². The van der Waals surface area contributed by atoms with Crippen LogP contribution in [0.25, 0.3) is 11.1 Å². The van der Waals surface area contributed by atoms with Crippen molar-refractivity contribution in [3.63, 3.8) is 0 Å². The van der Waals surface area contributed by atoms with Crippen LogP contribution in [0.3, 0.4) is 0 Å². The molecule has 0 spiro atoms. The molecule has 0 unspecified atom stereocenters. The van der Waals surface area contributed by atoms with Crippen molar-refractivity contribution in [3.8, 4) is 17.0 Å². The van der Waals surface area contributed by atoms with Crippen molar-refractivity contribution in [3.05, 3.63) is 53.7 Å². The summed E-state index contributed by atoms with van der Waals surface area (Å²) >= 11 is 0. The molecule has 3 aromatic rings. The standard InChI is InChI=1S/C21H26N4O4S/c1-14(2)17-9-10-18(22-13-17)30(27,28)24-20-19(16-7-5-15(3)6-8-16)21(23-25(20)4)29-12-11-26/h5-10,13-14,24,26H,11-12H2,1-4H3. The van der Waals surface area contributed by atoms with Gasteiger partial charge >= 0.3 is 0 Å². The molecule has 0 aliphatic heterocycles. The maximum atomic E-state index is 13.0. The van der Waals surface area contributed by atoms with E-state index < -0.39 is 10.0 Å². The minimum Gasteiger partial charge on any atom is -0.474 e. The lowest BCUT2D eigenvalue weighted by Gasteiger charge is -2.12. The molecule has 0 atom stereocenters. The summed E-state index contributed by atoms with van der Waals surface area (Å²) in [6, 6.07) is 10.8. The second-order valence-electron chi connectivity index (χ2n) is 7.28. The molecule has 0 radical (unpaired) electrons. The number of anilines is 1. The Morgan fingerprint density at radius 1 is 1.17 bits per heavy atom. The van der Waals surface area contributed by atoms with Gasteiger partial charge in [-0.05, 0) is 30.0 Å². The predicted molar refractivity (Wildman–Crippen MR) is 115 cm³/mol. The quantitative estimate of drug-likeness (QED) is 0.569. The average molecular weight is 431 g/mol. The third-order valence-electron chi connectivity index (χ3n) is 4.62. The van der Waals surface area contributed by atoms with E-state index in [1.165, 1.54) is 10.7 Å². The van der Waals surface area contributed by atoms with E-state index in [-0.39, 0.29) is 35.9 Å². The van der Waals surface area contributed by atoms with Crippen LogP contribution in [0.4, 0.5) is 5.82 Å². The molecule has 0 aliphatic carbocycles. The number of pyridine rings is 1. The van der Waals surface area contributed by atoms with Crippen LogP contribution in [0.5, 0.6) is 5.88 Å². The summed E-state index contributed by atoms with van der Waals surface area (Å²) in [4.78, 5) is 4.12. The van der Waals surface area contributed by atoms with Crippen molar-refractivity contribution in [1.29, 1.82) is 0 Å². The summed E-state index contributed by atoms with van der Waals surface area (Å²) < 4.78 is 35.6. The Labute approximate surface area is 176 Å². The summed E-state index contributed by atoms with van der Waals surface area (Å²) in [5.41, 5.74) is 3.25. The van der Waals surface area contributed by atoms with Crippen LogP contribution in [-0.4, -0.2) is 41.5 Å². The molecular formula is C21H26N4O4S. The first-order valence-electron chi connectivity index (χ1n) is 9.59. The molecule has 160 valence electrons. The SMILES string of the molecule is Cc1ccc(-c2c(OCCO)nn(C)c2NS(=O)(=O)c2ccc(C(C)C)cn2)cc1. The maximum absolute atomic E-state index is 13.0. The minimum absolute atomic E-state index is 0.0419. The topological polar surface area (TPSA) is 106 Å². The first-order chi connectivity index (χ1) is 14.2. The van der Waals surface area contributed by atoms with Gasteiger partial charge in [0.1, 0.15) is 12.4 Å². The minimum atomic E-state index is -3.95. The largest absolute Gasteiger partial charge is 0.474 e. The molecule has 0 aliphatic rings.